The molecule has 31 heavy (non-hydrogen) atoms. The number of aromatic nitrogens is 1. The minimum absolute atomic E-state index is 0.504. The van der Waals surface area contributed by atoms with Gasteiger partial charge in [-0.25, -0.2) is 0 Å². The second-order valence-electron chi connectivity index (χ2n) is 10.5. The molecule has 3 aromatic rings. The van der Waals surface area contributed by atoms with E-state index < -0.39 is 0 Å². The van der Waals surface area contributed by atoms with Crippen LogP contribution in [0.15, 0.2) is 42.4 Å². The van der Waals surface area contributed by atoms with E-state index in [1.807, 2.05) is 0 Å². The van der Waals surface area contributed by atoms with Crippen molar-refractivity contribution in [1.82, 2.24) is 0 Å². The second-order valence-corrected chi connectivity index (χ2v) is 10.5. The van der Waals surface area contributed by atoms with E-state index in [1.54, 1.807) is 0 Å². The van der Waals surface area contributed by atoms with Gasteiger partial charge in [-0.1, -0.05) is 64.8 Å². The third-order valence-electron chi connectivity index (χ3n) is 7.62. The standard InChI is InChI=1S/C30H40N/c1-19(2)29(20(3)4)25-14-15-27-26(17-25)16-22(6)31(7)30(27)28-18-24(13-12-21(28)5)23-10-8-9-11-23/h12-20,23,29H,8-11H2,1-7H3/q+1/i16D. The van der Waals surface area contributed by atoms with Crippen molar-refractivity contribution < 1.29 is 5.94 Å². The summed E-state index contributed by atoms with van der Waals surface area (Å²) in [4.78, 5) is 0. The van der Waals surface area contributed by atoms with E-state index in [2.05, 4.69) is 89.6 Å². The molecule has 0 bridgehead atoms. The van der Waals surface area contributed by atoms with Gasteiger partial charge in [-0.2, -0.15) is 4.57 Å². The molecule has 1 nitrogen and oxygen atoms in total. The van der Waals surface area contributed by atoms with Crippen LogP contribution < -0.4 is 4.57 Å². The number of rotatable bonds is 5. The minimum atomic E-state index is 0.504. The third-order valence-corrected chi connectivity index (χ3v) is 7.62. The summed E-state index contributed by atoms with van der Waals surface area (Å²) < 4.78 is 11.2. The number of benzene rings is 2. The van der Waals surface area contributed by atoms with E-state index in [4.69, 9.17) is 1.37 Å². The summed E-state index contributed by atoms with van der Waals surface area (Å²) in [5.41, 5.74) is 7.77. The molecule has 2 aromatic carbocycles. The van der Waals surface area contributed by atoms with E-state index in [-0.39, 0.29) is 0 Å². The second kappa shape index (κ2) is 8.77. The smallest absolute Gasteiger partial charge is 0.198 e. The van der Waals surface area contributed by atoms with Crippen molar-refractivity contribution in [3.05, 3.63) is 64.8 Å². The first kappa shape index (κ1) is 20.7. The van der Waals surface area contributed by atoms with Gasteiger partial charge in [-0.15, -0.1) is 0 Å². The Hall–Kier alpha value is -2.15. The Morgan fingerprint density at radius 3 is 2.26 bits per heavy atom. The molecule has 0 aliphatic heterocycles. The van der Waals surface area contributed by atoms with Crippen molar-refractivity contribution in [2.45, 2.75) is 79.1 Å². The van der Waals surface area contributed by atoms with Crippen LogP contribution >= 0.6 is 0 Å². The maximum atomic E-state index is 8.95. The first-order chi connectivity index (χ1) is 15.2. The fourth-order valence-electron chi connectivity index (χ4n) is 5.98. The first-order valence-corrected chi connectivity index (χ1v) is 12.2. The van der Waals surface area contributed by atoms with E-state index in [1.165, 1.54) is 59.0 Å². The molecule has 1 aromatic heterocycles. The first-order valence-electron chi connectivity index (χ1n) is 12.7. The van der Waals surface area contributed by atoms with E-state index in [0.29, 0.717) is 29.7 Å². The number of hydrogen-bond donors (Lipinski definition) is 0. The van der Waals surface area contributed by atoms with Crippen LogP contribution in [-0.2, 0) is 7.05 Å². The Kier molecular flexibility index (Phi) is 5.87. The average Bonchev–Trinajstić information content (AvgIpc) is 3.28. The maximum absolute atomic E-state index is 8.95. The van der Waals surface area contributed by atoms with Crippen LogP contribution in [0, 0.1) is 25.7 Å². The Morgan fingerprint density at radius 2 is 1.61 bits per heavy atom. The van der Waals surface area contributed by atoms with Gasteiger partial charge in [0.15, 0.2) is 5.69 Å². The Morgan fingerprint density at radius 1 is 0.935 bits per heavy atom. The highest BCUT2D eigenvalue weighted by Crippen LogP contribution is 2.39. The molecule has 0 N–H and O–H groups in total. The van der Waals surface area contributed by atoms with Crippen LogP contribution in [0.2, 0.25) is 0 Å². The van der Waals surface area contributed by atoms with Crippen LogP contribution in [0.1, 0.15) is 89.0 Å². The highest BCUT2D eigenvalue weighted by atomic mass is 14.9. The normalized spacial score (nSPS) is 15.6. The van der Waals surface area contributed by atoms with Crippen molar-refractivity contribution in [2.75, 3.05) is 0 Å². The molecule has 1 heteroatoms. The van der Waals surface area contributed by atoms with E-state index in [9.17, 15) is 0 Å². The zero-order valence-corrected chi connectivity index (χ0v) is 20.5. The number of aryl methyl sites for hydroxylation is 1. The molecule has 164 valence electrons. The summed E-state index contributed by atoms with van der Waals surface area (Å²) in [7, 11) is 2.13. The van der Waals surface area contributed by atoms with Gasteiger partial charge in [0.1, 0.15) is 7.05 Å². The largest absolute Gasteiger partial charge is 0.220 e. The van der Waals surface area contributed by atoms with Gasteiger partial charge in [0, 0.05) is 18.5 Å². The lowest BCUT2D eigenvalue weighted by atomic mass is 9.79. The van der Waals surface area contributed by atoms with Gasteiger partial charge in [0.2, 0.25) is 5.69 Å². The molecule has 4 rings (SSSR count). The minimum Gasteiger partial charge on any atom is -0.198 e. The summed E-state index contributed by atoms with van der Waals surface area (Å²) in [6, 6.07) is 14.7. The van der Waals surface area contributed by atoms with Crippen LogP contribution in [0.3, 0.4) is 0 Å². The maximum Gasteiger partial charge on any atom is 0.220 e. The highest BCUT2D eigenvalue weighted by molar-refractivity contribution is 5.94. The lowest BCUT2D eigenvalue weighted by Gasteiger charge is -2.25. The molecular formula is C30H40N+. The summed E-state index contributed by atoms with van der Waals surface area (Å²) >= 11 is 0. The van der Waals surface area contributed by atoms with Crippen LogP contribution in [0.25, 0.3) is 22.0 Å². The van der Waals surface area contributed by atoms with Crippen molar-refractivity contribution in [1.29, 1.82) is 0 Å². The summed E-state index contributed by atoms with van der Waals surface area (Å²) in [6.45, 7) is 13.6. The van der Waals surface area contributed by atoms with Gasteiger partial charge in [-0.05, 0) is 77.6 Å². The molecule has 0 spiro atoms. The highest BCUT2D eigenvalue weighted by Gasteiger charge is 2.25. The van der Waals surface area contributed by atoms with Gasteiger partial charge < -0.3 is 0 Å². The van der Waals surface area contributed by atoms with E-state index >= 15 is 0 Å². The van der Waals surface area contributed by atoms with Crippen LogP contribution in [-0.4, -0.2) is 0 Å². The zero-order chi connectivity index (χ0) is 23.2. The molecule has 0 radical (unpaired) electrons. The number of hydrogen-bond acceptors (Lipinski definition) is 0. The number of pyridine rings is 1. The van der Waals surface area contributed by atoms with Gasteiger partial charge >= 0.3 is 0 Å². The molecule has 0 amide bonds. The fourth-order valence-corrected chi connectivity index (χ4v) is 5.98. The SMILES string of the molecule is [2H]c1c(C)[n+](C)c(-c2cc(C3CCCC3)ccc2C)c2ccc(C(C(C)C)C(C)C)cc12. The molecule has 1 saturated carbocycles. The summed E-state index contributed by atoms with van der Waals surface area (Å²) in [6.07, 6.45) is 5.34. The average molecular weight is 416 g/mol. The topological polar surface area (TPSA) is 3.88 Å². The predicted octanol–water partition coefficient (Wildman–Crippen LogP) is 8.00. The van der Waals surface area contributed by atoms with Crippen LogP contribution in [0.5, 0.6) is 0 Å². The molecule has 1 aliphatic carbocycles. The summed E-state index contributed by atoms with van der Waals surface area (Å²) in [5.74, 6) is 2.36. The summed E-state index contributed by atoms with van der Waals surface area (Å²) in [5, 5.41) is 2.29. The van der Waals surface area contributed by atoms with Gasteiger partial charge in [0.05, 0.1) is 6.76 Å². The number of nitrogens with zero attached hydrogens (tertiary/aromatic N) is 1. The molecule has 0 saturated heterocycles. The molecule has 0 atom stereocenters. The zero-order valence-electron chi connectivity index (χ0n) is 21.5. The van der Waals surface area contributed by atoms with E-state index in [0.717, 1.165) is 11.1 Å². The fraction of sp³-hybridized carbons (Fsp3) is 0.500. The lowest BCUT2D eigenvalue weighted by molar-refractivity contribution is -0.665. The van der Waals surface area contributed by atoms with Crippen molar-refractivity contribution >= 4 is 10.8 Å². The Bertz CT molecular complexity index is 1130. The lowest BCUT2D eigenvalue weighted by Crippen LogP contribution is -2.35. The van der Waals surface area contributed by atoms with Crippen molar-refractivity contribution in [2.24, 2.45) is 18.9 Å². The predicted molar refractivity (Wildman–Crippen MR) is 134 cm³/mol. The third kappa shape index (κ3) is 4.16. The van der Waals surface area contributed by atoms with Crippen molar-refractivity contribution in [3.63, 3.8) is 0 Å². The molecule has 0 unspecified atom stereocenters. The van der Waals surface area contributed by atoms with Crippen LogP contribution in [0.4, 0.5) is 0 Å². The molecule has 1 heterocycles. The molecule has 1 aliphatic rings. The Balaban J connectivity index is 1.95. The van der Waals surface area contributed by atoms with Crippen molar-refractivity contribution in [3.8, 4) is 11.3 Å². The Labute approximate surface area is 190 Å². The quantitative estimate of drug-likeness (QED) is 0.372. The number of fused-ring (bicyclic) bond motifs is 1. The van der Waals surface area contributed by atoms with Gasteiger partial charge in [-0.3, -0.25) is 0 Å². The monoisotopic (exact) mass is 415 g/mol. The van der Waals surface area contributed by atoms with Gasteiger partial charge in [0.25, 0.3) is 0 Å². The molecule has 1 fully saturated rings. The molecular weight excluding hydrogens is 374 g/mol.